The molecule has 1 aliphatic carbocycles. The molecule has 5 nitrogen and oxygen atoms in total. The van der Waals surface area contributed by atoms with Crippen LogP contribution in [0.15, 0.2) is 162 Å². The van der Waals surface area contributed by atoms with Crippen LogP contribution in [0.25, 0.3) is 49.3 Å². The Hall–Kier alpha value is -6.20. The molecule has 0 fully saturated rings. The lowest BCUT2D eigenvalue weighted by Crippen LogP contribution is -2.39. The number of hydrogen-bond acceptors (Lipinski definition) is 3. The van der Waals surface area contributed by atoms with Crippen molar-refractivity contribution in [3.05, 3.63) is 174 Å². The highest BCUT2D eigenvalue weighted by atomic mass is 15.2. The Bertz CT molecular complexity index is 2650. The fraction of sp³-hybridized carbons (Fsp3) is 0.0698. The Morgan fingerprint density at radius 2 is 1.10 bits per heavy atom. The number of rotatable bonds is 3. The van der Waals surface area contributed by atoms with Crippen LogP contribution in [0.1, 0.15) is 34.2 Å². The van der Waals surface area contributed by atoms with Gasteiger partial charge in [-0.3, -0.25) is 0 Å². The molecule has 11 rings (SSSR count). The summed E-state index contributed by atoms with van der Waals surface area (Å²) in [5.74, 6) is 1.64. The molecule has 0 radical (unpaired) electrons. The Labute approximate surface area is 276 Å². The lowest BCUT2D eigenvalue weighted by atomic mass is 9.82. The van der Waals surface area contributed by atoms with Crippen molar-refractivity contribution < 1.29 is 0 Å². The summed E-state index contributed by atoms with van der Waals surface area (Å²) >= 11 is 0. The monoisotopic (exact) mass is 615 g/mol. The lowest BCUT2D eigenvalue weighted by molar-refractivity contribution is 0.595. The second-order valence-corrected chi connectivity index (χ2v) is 13.0. The van der Waals surface area contributed by atoms with Crippen molar-refractivity contribution in [3.63, 3.8) is 0 Å². The average Bonchev–Trinajstić information content (AvgIpc) is 3.63. The summed E-state index contributed by atoms with van der Waals surface area (Å²) in [5.41, 5.74) is 11.0. The zero-order valence-corrected chi connectivity index (χ0v) is 26.0. The van der Waals surface area contributed by atoms with Gasteiger partial charge < -0.3 is 14.5 Å². The summed E-state index contributed by atoms with van der Waals surface area (Å²) in [4.78, 5) is 10.6. The topological polar surface area (TPSA) is 46.6 Å². The van der Waals surface area contributed by atoms with Gasteiger partial charge in [0.2, 0.25) is 0 Å². The van der Waals surface area contributed by atoms with E-state index in [2.05, 4.69) is 154 Å². The van der Waals surface area contributed by atoms with Crippen molar-refractivity contribution in [3.8, 4) is 5.69 Å². The molecule has 1 N–H and O–H groups in total. The first kappa shape index (κ1) is 25.9. The summed E-state index contributed by atoms with van der Waals surface area (Å²) in [7, 11) is 0. The Morgan fingerprint density at radius 3 is 1.81 bits per heavy atom. The van der Waals surface area contributed by atoms with E-state index in [1.807, 2.05) is 12.1 Å². The summed E-state index contributed by atoms with van der Waals surface area (Å²) < 4.78 is 5.11. The fourth-order valence-electron chi connectivity index (χ4n) is 8.47. The van der Waals surface area contributed by atoms with Gasteiger partial charge in [0, 0.05) is 44.2 Å². The van der Waals surface area contributed by atoms with Gasteiger partial charge in [0.05, 0.1) is 33.8 Å². The van der Waals surface area contributed by atoms with Crippen LogP contribution in [-0.4, -0.2) is 27.0 Å². The molecule has 0 saturated heterocycles. The van der Waals surface area contributed by atoms with Gasteiger partial charge in [-0.25, -0.2) is 9.98 Å². The van der Waals surface area contributed by atoms with Crippen molar-refractivity contribution in [1.82, 2.24) is 14.5 Å². The Kier molecular flexibility index (Phi) is 5.22. The molecule has 0 bridgehead atoms. The maximum absolute atomic E-state index is 5.32. The maximum Gasteiger partial charge on any atom is 0.154 e. The predicted molar refractivity (Wildman–Crippen MR) is 197 cm³/mol. The normalized spacial score (nSPS) is 18.2. The second-order valence-electron chi connectivity index (χ2n) is 13.0. The van der Waals surface area contributed by atoms with Gasteiger partial charge in [0.1, 0.15) is 11.7 Å². The first-order valence-electron chi connectivity index (χ1n) is 16.6. The van der Waals surface area contributed by atoms with Gasteiger partial charge in [-0.1, -0.05) is 133 Å². The third-order valence-corrected chi connectivity index (χ3v) is 10.5. The molecule has 8 aromatic rings. The molecule has 2 aliphatic heterocycles. The number of aromatic nitrogens is 2. The highest BCUT2D eigenvalue weighted by molar-refractivity contribution is 6.24. The molecule has 3 aliphatic rings. The van der Waals surface area contributed by atoms with Crippen molar-refractivity contribution in [2.75, 3.05) is 0 Å². The van der Waals surface area contributed by atoms with Gasteiger partial charge in [0.25, 0.3) is 0 Å². The number of amidine groups is 2. The fourth-order valence-corrected chi connectivity index (χ4v) is 8.47. The summed E-state index contributed by atoms with van der Waals surface area (Å²) in [6, 6.07) is 50.0. The smallest absolute Gasteiger partial charge is 0.154 e. The minimum atomic E-state index is -0.339. The number of fused-ring (bicyclic) bond motifs is 8. The minimum absolute atomic E-state index is 0.0241. The largest absolute Gasteiger partial charge is 0.327 e. The van der Waals surface area contributed by atoms with E-state index in [4.69, 9.17) is 9.98 Å². The van der Waals surface area contributed by atoms with Gasteiger partial charge >= 0.3 is 0 Å². The maximum atomic E-state index is 5.32. The van der Waals surface area contributed by atoms with E-state index in [1.165, 1.54) is 60.4 Å². The molecule has 0 saturated carbocycles. The number of nitrogens with zero attached hydrogens (tertiary/aromatic N) is 4. The van der Waals surface area contributed by atoms with Crippen LogP contribution < -0.4 is 5.32 Å². The first-order valence-corrected chi connectivity index (χ1v) is 16.6. The van der Waals surface area contributed by atoms with E-state index >= 15 is 0 Å². The van der Waals surface area contributed by atoms with Gasteiger partial charge in [-0.05, 0) is 23.8 Å². The zero-order valence-electron chi connectivity index (χ0n) is 26.0. The van der Waals surface area contributed by atoms with Crippen LogP contribution in [-0.2, 0) is 0 Å². The SMILES string of the molecule is C1=CC2c3c(cccc3-n3c4ccccc4c4ccc5c6ccccc6n2c5c43)C1C1N=C(c2ccccc2)NC(c2ccccc2)=N1. The van der Waals surface area contributed by atoms with Crippen molar-refractivity contribution in [2.45, 2.75) is 18.1 Å². The second kappa shape index (κ2) is 9.66. The molecule has 2 unspecified atom stereocenters. The molecule has 226 valence electrons. The van der Waals surface area contributed by atoms with Crippen LogP contribution in [0.4, 0.5) is 0 Å². The van der Waals surface area contributed by atoms with E-state index in [1.54, 1.807) is 0 Å². The molecule has 0 spiro atoms. The number of nitrogens with one attached hydrogen (secondary N) is 1. The molecule has 2 atom stereocenters. The van der Waals surface area contributed by atoms with E-state index in [-0.39, 0.29) is 18.1 Å². The van der Waals surface area contributed by atoms with Crippen molar-refractivity contribution >= 4 is 55.3 Å². The Balaban J connectivity index is 1.20. The summed E-state index contributed by atoms with van der Waals surface area (Å²) in [6.07, 6.45) is 4.44. The molecular weight excluding hydrogens is 587 g/mol. The minimum Gasteiger partial charge on any atom is -0.327 e. The number of aliphatic imine (C=N–C) groups is 2. The van der Waals surface area contributed by atoms with Gasteiger partial charge in [-0.15, -0.1) is 0 Å². The van der Waals surface area contributed by atoms with Crippen LogP contribution in [0.3, 0.4) is 0 Å². The molecular formula is C43H29N5. The summed E-state index contributed by atoms with van der Waals surface area (Å²) in [6.45, 7) is 0. The zero-order chi connectivity index (χ0) is 31.3. The van der Waals surface area contributed by atoms with E-state index in [0.717, 1.165) is 22.8 Å². The number of allylic oxidation sites excluding steroid dienone is 1. The van der Waals surface area contributed by atoms with Crippen LogP contribution >= 0.6 is 0 Å². The van der Waals surface area contributed by atoms with Crippen molar-refractivity contribution in [1.29, 1.82) is 0 Å². The van der Waals surface area contributed by atoms with E-state index < -0.39 is 0 Å². The number of benzene rings is 6. The molecule has 5 heteroatoms. The lowest BCUT2D eigenvalue weighted by Gasteiger charge is -2.33. The van der Waals surface area contributed by atoms with Crippen LogP contribution in [0.5, 0.6) is 0 Å². The molecule has 0 amide bonds. The highest BCUT2D eigenvalue weighted by Gasteiger charge is 2.37. The molecule has 2 aromatic heterocycles. The third kappa shape index (κ3) is 3.45. The highest BCUT2D eigenvalue weighted by Crippen LogP contribution is 2.50. The third-order valence-electron chi connectivity index (χ3n) is 10.5. The number of para-hydroxylation sites is 2. The predicted octanol–water partition coefficient (Wildman–Crippen LogP) is 9.27. The van der Waals surface area contributed by atoms with Crippen molar-refractivity contribution in [2.24, 2.45) is 9.98 Å². The molecule has 4 heterocycles. The molecule has 6 aromatic carbocycles. The van der Waals surface area contributed by atoms with Gasteiger partial charge in [0.15, 0.2) is 6.17 Å². The Morgan fingerprint density at radius 1 is 0.500 bits per heavy atom. The quantitative estimate of drug-likeness (QED) is 0.198. The van der Waals surface area contributed by atoms with Crippen LogP contribution in [0, 0.1) is 0 Å². The standard InChI is InChI=1S/C43H29N5/c1-3-12-26(13-4-1)41-44-42(27-14-5-2-6-15-27)46-43(45-41)33-24-25-37-38-30(33)18-11-21-36(38)47-34-19-9-7-16-28(34)31-22-23-32-29-17-8-10-20-35(29)48(37)40(32)39(31)47/h1-25,33,37,43H,(H,44,45,46). The van der Waals surface area contributed by atoms with E-state index in [9.17, 15) is 0 Å². The molecule has 48 heavy (non-hydrogen) atoms. The summed E-state index contributed by atoms with van der Waals surface area (Å²) in [5, 5.41) is 8.71. The first-order chi connectivity index (χ1) is 23.8. The number of hydrogen-bond donors (Lipinski definition) is 1. The average molecular weight is 616 g/mol. The van der Waals surface area contributed by atoms with Crippen LogP contribution in [0.2, 0.25) is 0 Å². The van der Waals surface area contributed by atoms with Gasteiger partial charge in [-0.2, -0.15) is 0 Å². The van der Waals surface area contributed by atoms with E-state index in [0.29, 0.717) is 0 Å².